The first-order valence-electron chi connectivity index (χ1n) is 14.0. The third kappa shape index (κ3) is 6.10. The Balaban J connectivity index is 1.32. The normalized spacial score (nSPS) is 23.7. The molecule has 0 saturated heterocycles. The Morgan fingerprint density at radius 3 is 2.42 bits per heavy atom. The number of aliphatic hydroxyl groups excluding tert-OH is 1. The van der Waals surface area contributed by atoms with Gasteiger partial charge in [0.25, 0.3) is 0 Å². The number of benzene rings is 2. The molecule has 1 heterocycles. The number of methoxy groups -OCH3 is 1. The summed E-state index contributed by atoms with van der Waals surface area (Å²) in [5.74, 6) is 2.15. The minimum atomic E-state index is -0.270. The van der Waals surface area contributed by atoms with Crippen LogP contribution in [-0.4, -0.2) is 41.0 Å². The predicted octanol–water partition coefficient (Wildman–Crippen LogP) is 6.69. The van der Waals surface area contributed by atoms with Gasteiger partial charge >= 0.3 is 0 Å². The fourth-order valence-corrected chi connectivity index (χ4v) is 6.87. The number of amides is 1. The smallest absolute Gasteiger partial charge is 0.230 e. The SMILES string of the molecule is COc1ccc([C@H]2CC[C@H](CN(c3cccc(-c4nnc(C)s4)c3)C(=O)[C@H]3CC[C@H](O)CC3)CC2)cc1C. The Kier molecular flexibility index (Phi) is 8.44. The summed E-state index contributed by atoms with van der Waals surface area (Å²) in [5.41, 5.74) is 4.53. The number of aliphatic hydroxyl groups is 1. The summed E-state index contributed by atoms with van der Waals surface area (Å²) in [6.07, 6.45) is 7.16. The lowest BCUT2D eigenvalue weighted by Crippen LogP contribution is -2.41. The summed E-state index contributed by atoms with van der Waals surface area (Å²) in [5, 5.41) is 20.3. The molecule has 5 rings (SSSR count). The van der Waals surface area contributed by atoms with Crippen LogP contribution in [0.2, 0.25) is 0 Å². The number of aromatic nitrogens is 2. The van der Waals surface area contributed by atoms with Crippen LogP contribution in [0.4, 0.5) is 5.69 Å². The van der Waals surface area contributed by atoms with Crippen LogP contribution < -0.4 is 9.64 Å². The van der Waals surface area contributed by atoms with Crippen molar-refractivity contribution in [3.05, 3.63) is 58.6 Å². The molecule has 0 aliphatic heterocycles. The second kappa shape index (κ2) is 12.0. The summed E-state index contributed by atoms with van der Waals surface area (Å²) in [7, 11) is 1.72. The second-order valence-electron chi connectivity index (χ2n) is 11.1. The van der Waals surface area contributed by atoms with Crippen LogP contribution in [0.25, 0.3) is 10.6 Å². The Bertz CT molecular complexity index is 1240. The van der Waals surface area contributed by atoms with Gasteiger partial charge in [-0.3, -0.25) is 4.79 Å². The molecule has 3 aromatic rings. The highest BCUT2D eigenvalue weighted by Gasteiger charge is 2.32. The van der Waals surface area contributed by atoms with E-state index in [1.54, 1.807) is 18.4 Å². The molecule has 1 N–H and O–H groups in total. The van der Waals surface area contributed by atoms with Gasteiger partial charge < -0.3 is 14.7 Å². The molecule has 2 aliphatic rings. The molecule has 0 bridgehead atoms. The maximum absolute atomic E-state index is 13.9. The van der Waals surface area contributed by atoms with E-state index in [1.807, 2.05) is 24.0 Å². The van der Waals surface area contributed by atoms with Crippen molar-refractivity contribution < 1.29 is 14.6 Å². The maximum Gasteiger partial charge on any atom is 0.230 e. The first-order valence-corrected chi connectivity index (χ1v) is 14.8. The number of hydrogen-bond acceptors (Lipinski definition) is 6. The van der Waals surface area contributed by atoms with Crippen molar-refractivity contribution in [3.8, 4) is 16.3 Å². The van der Waals surface area contributed by atoms with E-state index in [4.69, 9.17) is 4.74 Å². The molecule has 38 heavy (non-hydrogen) atoms. The van der Waals surface area contributed by atoms with Gasteiger partial charge in [0.05, 0.1) is 13.2 Å². The topological polar surface area (TPSA) is 75.5 Å². The molecule has 2 fully saturated rings. The molecule has 0 unspecified atom stereocenters. The number of anilines is 1. The van der Waals surface area contributed by atoms with E-state index >= 15 is 0 Å². The van der Waals surface area contributed by atoms with Crippen LogP contribution in [0.5, 0.6) is 5.75 Å². The molecular weight excluding hydrogens is 494 g/mol. The molecule has 1 amide bonds. The highest BCUT2D eigenvalue weighted by Crippen LogP contribution is 2.39. The molecule has 0 spiro atoms. The van der Waals surface area contributed by atoms with Gasteiger partial charge in [-0.05, 0) is 106 Å². The van der Waals surface area contributed by atoms with E-state index in [0.717, 1.165) is 72.1 Å². The molecule has 0 radical (unpaired) electrons. The summed E-state index contributed by atoms with van der Waals surface area (Å²) in [4.78, 5) is 16.0. The van der Waals surface area contributed by atoms with Gasteiger partial charge in [0, 0.05) is 23.7 Å². The van der Waals surface area contributed by atoms with Crippen molar-refractivity contribution in [2.24, 2.45) is 11.8 Å². The fraction of sp³-hybridized carbons (Fsp3) is 0.516. The first-order chi connectivity index (χ1) is 18.4. The van der Waals surface area contributed by atoms with Crippen LogP contribution in [0.1, 0.15) is 73.4 Å². The third-order valence-electron chi connectivity index (χ3n) is 8.42. The molecule has 1 aromatic heterocycles. The lowest BCUT2D eigenvalue weighted by atomic mass is 9.78. The van der Waals surface area contributed by atoms with Crippen molar-refractivity contribution in [1.82, 2.24) is 10.2 Å². The van der Waals surface area contributed by atoms with Crippen LogP contribution in [0, 0.1) is 25.7 Å². The van der Waals surface area contributed by atoms with E-state index in [-0.39, 0.29) is 17.9 Å². The quantitative estimate of drug-likeness (QED) is 0.366. The van der Waals surface area contributed by atoms with E-state index in [1.165, 1.54) is 11.1 Å². The molecule has 202 valence electrons. The largest absolute Gasteiger partial charge is 0.496 e. The highest BCUT2D eigenvalue weighted by molar-refractivity contribution is 7.14. The lowest BCUT2D eigenvalue weighted by Gasteiger charge is -2.36. The highest BCUT2D eigenvalue weighted by atomic mass is 32.1. The zero-order valence-electron chi connectivity index (χ0n) is 22.7. The summed E-state index contributed by atoms with van der Waals surface area (Å²) in [6, 6.07) is 14.8. The average molecular weight is 534 g/mol. The van der Waals surface area contributed by atoms with Crippen LogP contribution in [-0.2, 0) is 4.79 Å². The van der Waals surface area contributed by atoms with E-state index in [2.05, 4.69) is 47.5 Å². The number of nitrogens with zero attached hydrogens (tertiary/aromatic N) is 3. The summed E-state index contributed by atoms with van der Waals surface area (Å²) >= 11 is 1.57. The standard InChI is InChI=1S/C31H39N3O3S/c1-20-17-25(13-16-29(20)37-3)23-9-7-22(8-10-23)19-34(31(36)24-11-14-28(35)15-12-24)27-6-4-5-26(18-27)30-33-32-21(2)38-30/h4-6,13,16-18,22-24,28,35H,7-12,14-15,19H2,1-3H3/t22-,23-,24-,28-. The zero-order valence-corrected chi connectivity index (χ0v) is 23.5. The molecule has 2 saturated carbocycles. The molecule has 7 heteroatoms. The number of hydrogen-bond donors (Lipinski definition) is 1. The number of ether oxygens (including phenoxy) is 1. The van der Waals surface area contributed by atoms with Crippen molar-refractivity contribution in [3.63, 3.8) is 0 Å². The lowest BCUT2D eigenvalue weighted by molar-refractivity contribution is -0.124. The minimum Gasteiger partial charge on any atom is -0.496 e. The average Bonchev–Trinajstić information content (AvgIpc) is 3.38. The Morgan fingerprint density at radius 1 is 1.00 bits per heavy atom. The van der Waals surface area contributed by atoms with Gasteiger partial charge in [-0.1, -0.05) is 35.6 Å². The Labute approximate surface area is 230 Å². The number of carbonyl (C=O) groups is 1. The van der Waals surface area contributed by atoms with Crippen LogP contribution in [0.15, 0.2) is 42.5 Å². The van der Waals surface area contributed by atoms with E-state index in [0.29, 0.717) is 24.7 Å². The first kappa shape index (κ1) is 26.8. The molecular formula is C31H39N3O3S. The summed E-state index contributed by atoms with van der Waals surface area (Å²) in [6.45, 7) is 4.81. The van der Waals surface area contributed by atoms with E-state index < -0.39 is 0 Å². The van der Waals surface area contributed by atoms with Crippen molar-refractivity contribution in [2.75, 3.05) is 18.6 Å². The van der Waals surface area contributed by atoms with Gasteiger partial charge in [0.2, 0.25) is 5.91 Å². The van der Waals surface area contributed by atoms with Crippen molar-refractivity contribution in [2.45, 2.75) is 77.2 Å². The third-order valence-corrected chi connectivity index (χ3v) is 9.31. The minimum absolute atomic E-state index is 0.0237. The number of rotatable bonds is 7. The number of carbonyl (C=O) groups excluding carboxylic acids is 1. The molecule has 2 aliphatic carbocycles. The molecule has 2 aromatic carbocycles. The van der Waals surface area contributed by atoms with Gasteiger partial charge in [0.1, 0.15) is 15.8 Å². The zero-order chi connectivity index (χ0) is 26.6. The monoisotopic (exact) mass is 533 g/mol. The predicted molar refractivity (Wildman–Crippen MR) is 153 cm³/mol. The molecule has 6 nitrogen and oxygen atoms in total. The van der Waals surface area contributed by atoms with Gasteiger partial charge in [0.15, 0.2) is 0 Å². The molecule has 0 atom stereocenters. The fourth-order valence-electron chi connectivity index (χ4n) is 6.18. The van der Waals surface area contributed by atoms with Crippen molar-refractivity contribution >= 4 is 22.9 Å². The Hall–Kier alpha value is -2.77. The van der Waals surface area contributed by atoms with Gasteiger partial charge in [-0.15, -0.1) is 10.2 Å². The van der Waals surface area contributed by atoms with Crippen LogP contribution in [0.3, 0.4) is 0 Å². The Morgan fingerprint density at radius 2 is 1.76 bits per heavy atom. The van der Waals surface area contributed by atoms with Gasteiger partial charge in [-0.25, -0.2) is 0 Å². The van der Waals surface area contributed by atoms with E-state index in [9.17, 15) is 9.90 Å². The maximum atomic E-state index is 13.9. The summed E-state index contributed by atoms with van der Waals surface area (Å²) < 4.78 is 5.45. The number of aryl methyl sites for hydroxylation is 2. The van der Waals surface area contributed by atoms with Crippen LogP contribution >= 0.6 is 11.3 Å². The van der Waals surface area contributed by atoms with Gasteiger partial charge in [-0.2, -0.15) is 0 Å². The van der Waals surface area contributed by atoms with Crippen molar-refractivity contribution in [1.29, 1.82) is 0 Å². The second-order valence-corrected chi connectivity index (χ2v) is 12.3.